The molecule has 0 spiro atoms. The number of para-hydroxylation sites is 1. The van der Waals surface area contributed by atoms with E-state index in [0.717, 1.165) is 25.7 Å². The minimum Gasteiger partial charge on any atom is -0.410 e. The molecule has 1 aliphatic rings. The van der Waals surface area contributed by atoms with E-state index >= 15 is 0 Å². The number of hydrogen-bond donors (Lipinski definition) is 1. The van der Waals surface area contributed by atoms with Crippen molar-refractivity contribution in [2.45, 2.75) is 37.8 Å². The Kier molecular flexibility index (Phi) is 4.20. The van der Waals surface area contributed by atoms with Gasteiger partial charge in [-0.1, -0.05) is 18.2 Å². The van der Waals surface area contributed by atoms with E-state index in [1.807, 2.05) is 18.2 Å². The van der Waals surface area contributed by atoms with Gasteiger partial charge in [0.2, 0.25) is 0 Å². The van der Waals surface area contributed by atoms with E-state index in [2.05, 4.69) is 0 Å². The lowest BCUT2D eigenvalue weighted by molar-refractivity contribution is 0.130. The van der Waals surface area contributed by atoms with Crippen LogP contribution in [-0.2, 0) is 0 Å². The van der Waals surface area contributed by atoms with Crippen molar-refractivity contribution in [3.63, 3.8) is 0 Å². The maximum Gasteiger partial charge on any atom is 0.415 e. The number of benzene rings is 1. The second-order valence-electron chi connectivity index (χ2n) is 4.86. The summed E-state index contributed by atoms with van der Waals surface area (Å²) in [7, 11) is 1.80. The van der Waals surface area contributed by atoms with Gasteiger partial charge in [0.1, 0.15) is 5.75 Å². The maximum absolute atomic E-state index is 12.0. The third kappa shape index (κ3) is 3.23. The summed E-state index contributed by atoms with van der Waals surface area (Å²) < 4.78 is 5.31. The monoisotopic (exact) mass is 248 g/mol. The van der Waals surface area contributed by atoms with Crippen LogP contribution in [0.25, 0.3) is 0 Å². The summed E-state index contributed by atoms with van der Waals surface area (Å²) in [4.78, 5) is 13.7. The SMILES string of the molecule is CN(C(=O)Oc1ccccc1)C1CCC(N)CC1. The molecule has 2 rings (SSSR count). The van der Waals surface area contributed by atoms with Crippen molar-refractivity contribution in [2.75, 3.05) is 7.05 Å². The van der Waals surface area contributed by atoms with Crippen LogP contribution in [0.15, 0.2) is 30.3 Å². The van der Waals surface area contributed by atoms with Crippen LogP contribution >= 0.6 is 0 Å². The molecule has 1 aliphatic carbocycles. The molecular weight excluding hydrogens is 228 g/mol. The summed E-state index contributed by atoms with van der Waals surface area (Å²) in [5.41, 5.74) is 5.86. The van der Waals surface area contributed by atoms with E-state index in [1.54, 1.807) is 24.1 Å². The third-order valence-electron chi connectivity index (χ3n) is 3.53. The second-order valence-corrected chi connectivity index (χ2v) is 4.86. The van der Waals surface area contributed by atoms with Crippen molar-refractivity contribution in [1.29, 1.82) is 0 Å². The zero-order chi connectivity index (χ0) is 13.0. The van der Waals surface area contributed by atoms with Crippen LogP contribution in [0.3, 0.4) is 0 Å². The first-order valence-electron chi connectivity index (χ1n) is 6.42. The lowest BCUT2D eigenvalue weighted by atomic mass is 9.91. The number of ether oxygens (including phenoxy) is 1. The third-order valence-corrected chi connectivity index (χ3v) is 3.53. The van der Waals surface area contributed by atoms with E-state index in [0.29, 0.717) is 11.8 Å². The molecule has 2 N–H and O–H groups in total. The van der Waals surface area contributed by atoms with E-state index < -0.39 is 0 Å². The summed E-state index contributed by atoms with van der Waals surface area (Å²) in [6.07, 6.45) is 3.59. The van der Waals surface area contributed by atoms with E-state index in [4.69, 9.17) is 10.5 Å². The van der Waals surface area contributed by atoms with Crippen LogP contribution in [0.5, 0.6) is 5.75 Å². The number of rotatable bonds is 2. The lowest BCUT2D eigenvalue weighted by Crippen LogP contribution is -2.43. The molecular formula is C14H20N2O2. The fourth-order valence-corrected chi connectivity index (χ4v) is 2.30. The van der Waals surface area contributed by atoms with Gasteiger partial charge in [0, 0.05) is 19.1 Å². The Morgan fingerprint density at radius 2 is 1.83 bits per heavy atom. The van der Waals surface area contributed by atoms with E-state index in [9.17, 15) is 4.79 Å². The Hall–Kier alpha value is -1.55. The smallest absolute Gasteiger partial charge is 0.410 e. The summed E-state index contributed by atoms with van der Waals surface area (Å²) in [6, 6.07) is 9.69. The molecule has 0 aliphatic heterocycles. The standard InChI is InChI=1S/C14H20N2O2/c1-16(12-9-7-11(15)8-10-12)14(17)18-13-5-3-2-4-6-13/h2-6,11-12H,7-10,15H2,1H3. The van der Waals surface area contributed by atoms with E-state index in [-0.39, 0.29) is 12.1 Å². The number of carbonyl (C=O) groups is 1. The van der Waals surface area contributed by atoms with Gasteiger partial charge in [0.05, 0.1) is 0 Å². The van der Waals surface area contributed by atoms with Crippen LogP contribution < -0.4 is 10.5 Å². The highest BCUT2D eigenvalue weighted by atomic mass is 16.6. The summed E-state index contributed by atoms with van der Waals surface area (Å²) in [5, 5.41) is 0. The van der Waals surface area contributed by atoms with Crippen LogP contribution in [-0.4, -0.2) is 30.1 Å². The number of hydrogen-bond acceptors (Lipinski definition) is 3. The number of nitrogens with two attached hydrogens (primary N) is 1. The van der Waals surface area contributed by atoms with Crippen LogP contribution in [0.2, 0.25) is 0 Å². The first-order valence-corrected chi connectivity index (χ1v) is 6.42. The number of amides is 1. The number of carbonyl (C=O) groups excluding carboxylic acids is 1. The first kappa shape index (κ1) is 12.9. The summed E-state index contributed by atoms with van der Waals surface area (Å²) >= 11 is 0. The van der Waals surface area contributed by atoms with Gasteiger partial charge in [-0.05, 0) is 37.8 Å². The van der Waals surface area contributed by atoms with Crippen molar-refractivity contribution < 1.29 is 9.53 Å². The molecule has 1 aromatic rings. The van der Waals surface area contributed by atoms with Gasteiger partial charge in [-0.2, -0.15) is 0 Å². The molecule has 4 nitrogen and oxygen atoms in total. The zero-order valence-corrected chi connectivity index (χ0v) is 10.7. The molecule has 1 aromatic carbocycles. The lowest BCUT2D eigenvalue weighted by Gasteiger charge is -2.32. The molecule has 98 valence electrons. The van der Waals surface area contributed by atoms with Crippen LogP contribution in [0, 0.1) is 0 Å². The molecule has 1 saturated carbocycles. The van der Waals surface area contributed by atoms with Crippen molar-refractivity contribution in [3.05, 3.63) is 30.3 Å². The quantitative estimate of drug-likeness (QED) is 0.874. The molecule has 0 aromatic heterocycles. The van der Waals surface area contributed by atoms with Crippen LogP contribution in [0.4, 0.5) is 4.79 Å². The molecule has 1 fully saturated rings. The Morgan fingerprint density at radius 1 is 1.22 bits per heavy atom. The van der Waals surface area contributed by atoms with Crippen molar-refractivity contribution in [1.82, 2.24) is 4.90 Å². The minimum absolute atomic E-state index is 0.251. The van der Waals surface area contributed by atoms with Gasteiger partial charge in [0.25, 0.3) is 0 Å². The topological polar surface area (TPSA) is 55.6 Å². The zero-order valence-electron chi connectivity index (χ0n) is 10.7. The molecule has 0 unspecified atom stereocenters. The minimum atomic E-state index is -0.290. The molecule has 0 bridgehead atoms. The van der Waals surface area contributed by atoms with Gasteiger partial charge >= 0.3 is 6.09 Å². The van der Waals surface area contributed by atoms with Gasteiger partial charge in [-0.3, -0.25) is 0 Å². The maximum atomic E-state index is 12.0. The average Bonchev–Trinajstić information content (AvgIpc) is 2.40. The molecule has 0 radical (unpaired) electrons. The molecule has 0 saturated heterocycles. The Labute approximate surface area is 108 Å². The predicted molar refractivity (Wildman–Crippen MR) is 70.5 cm³/mol. The van der Waals surface area contributed by atoms with Gasteiger partial charge in [0.15, 0.2) is 0 Å². The van der Waals surface area contributed by atoms with Crippen LogP contribution in [0.1, 0.15) is 25.7 Å². The summed E-state index contributed by atoms with van der Waals surface area (Å²) in [5.74, 6) is 0.585. The van der Waals surface area contributed by atoms with Gasteiger partial charge in [-0.25, -0.2) is 4.79 Å². The Balaban J connectivity index is 1.89. The second kappa shape index (κ2) is 5.87. The Morgan fingerprint density at radius 3 is 2.44 bits per heavy atom. The first-order chi connectivity index (χ1) is 8.66. The normalized spacial score (nSPS) is 23.4. The van der Waals surface area contributed by atoms with Gasteiger partial charge < -0.3 is 15.4 Å². The molecule has 0 atom stereocenters. The van der Waals surface area contributed by atoms with Crippen molar-refractivity contribution >= 4 is 6.09 Å². The fraction of sp³-hybridized carbons (Fsp3) is 0.500. The highest BCUT2D eigenvalue weighted by Gasteiger charge is 2.25. The Bertz CT molecular complexity index is 386. The highest BCUT2D eigenvalue weighted by Crippen LogP contribution is 2.22. The van der Waals surface area contributed by atoms with Crippen molar-refractivity contribution in [3.8, 4) is 5.75 Å². The molecule has 0 heterocycles. The molecule has 1 amide bonds. The number of nitrogens with zero attached hydrogens (tertiary/aromatic N) is 1. The fourth-order valence-electron chi connectivity index (χ4n) is 2.30. The summed E-state index contributed by atoms with van der Waals surface area (Å²) in [6.45, 7) is 0. The predicted octanol–water partition coefficient (Wildman–Crippen LogP) is 2.39. The molecule has 4 heteroatoms. The average molecular weight is 248 g/mol. The highest BCUT2D eigenvalue weighted by molar-refractivity contribution is 5.70. The van der Waals surface area contributed by atoms with Gasteiger partial charge in [-0.15, -0.1) is 0 Å². The molecule has 18 heavy (non-hydrogen) atoms. The van der Waals surface area contributed by atoms with E-state index in [1.165, 1.54) is 0 Å². The van der Waals surface area contributed by atoms with Crippen molar-refractivity contribution in [2.24, 2.45) is 5.73 Å². The largest absolute Gasteiger partial charge is 0.415 e.